The van der Waals surface area contributed by atoms with Gasteiger partial charge in [-0.2, -0.15) is 9.97 Å². The SMILES string of the molecule is Nc1nc(Cl)nc2c1ncn2[C@@H]1O[C@@H]2C(OC(Cc3cccc(OC(F)(F)F)c3)(C(=O)O)C(=O)O)[C@]2(O)[C@@H]1F. The van der Waals surface area contributed by atoms with Gasteiger partial charge < -0.3 is 35.3 Å². The molecule has 5 N–H and O–H groups in total. The molecule has 1 unspecified atom stereocenters. The number of aliphatic carboxylic acids is 2. The number of benzene rings is 1. The summed E-state index contributed by atoms with van der Waals surface area (Å²) in [4.78, 5) is 35.9. The lowest BCUT2D eigenvalue weighted by atomic mass is 9.94. The van der Waals surface area contributed by atoms with Gasteiger partial charge >= 0.3 is 18.3 Å². The van der Waals surface area contributed by atoms with Crippen molar-refractivity contribution in [3.05, 3.63) is 41.4 Å². The summed E-state index contributed by atoms with van der Waals surface area (Å²) in [7, 11) is 0. The molecule has 18 heteroatoms. The van der Waals surface area contributed by atoms with Gasteiger partial charge in [0.15, 0.2) is 29.5 Å². The van der Waals surface area contributed by atoms with Crippen LogP contribution >= 0.6 is 11.6 Å². The number of imidazole rings is 1. The smallest absolute Gasteiger partial charge is 0.479 e. The zero-order valence-electron chi connectivity index (χ0n) is 19.0. The molecule has 2 aliphatic rings. The predicted molar refractivity (Wildman–Crippen MR) is 118 cm³/mol. The van der Waals surface area contributed by atoms with Gasteiger partial charge in [-0.15, -0.1) is 13.2 Å². The lowest BCUT2D eigenvalue weighted by Crippen LogP contribution is -2.53. The number of ether oxygens (including phenoxy) is 3. The molecule has 2 fully saturated rings. The van der Waals surface area contributed by atoms with Crippen LogP contribution in [0.5, 0.6) is 5.75 Å². The maximum Gasteiger partial charge on any atom is 0.573 e. The third kappa shape index (κ3) is 4.36. The summed E-state index contributed by atoms with van der Waals surface area (Å²) in [6.45, 7) is 0. The largest absolute Gasteiger partial charge is 0.573 e. The normalized spacial score (nSPS) is 26.4. The number of carbonyl (C=O) groups is 2. The highest BCUT2D eigenvalue weighted by Gasteiger charge is 2.80. The van der Waals surface area contributed by atoms with Crippen molar-refractivity contribution in [1.82, 2.24) is 19.5 Å². The van der Waals surface area contributed by atoms with Crippen LogP contribution in [-0.4, -0.2) is 82.7 Å². The highest BCUT2D eigenvalue weighted by Crippen LogP contribution is 2.58. The Morgan fingerprint density at radius 3 is 2.51 bits per heavy atom. The van der Waals surface area contributed by atoms with Crippen LogP contribution in [0.25, 0.3) is 11.2 Å². The fourth-order valence-electron chi connectivity index (χ4n) is 4.47. The summed E-state index contributed by atoms with van der Waals surface area (Å²) in [5.74, 6) is -4.96. The quantitative estimate of drug-likeness (QED) is 0.171. The average molecular weight is 578 g/mol. The number of hydrogen-bond donors (Lipinski definition) is 4. The second-order valence-corrected chi connectivity index (χ2v) is 9.12. The topological polar surface area (TPSA) is 192 Å². The number of carboxylic acid groups (broad SMARTS) is 2. The van der Waals surface area contributed by atoms with Crippen molar-refractivity contribution in [2.24, 2.45) is 0 Å². The number of aromatic nitrogens is 4. The van der Waals surface area contributed by atoms with Crippen LogP contribution in [0.2, 0.25) is 5.28 Å². The van der Waals surface area contributed by atoms with E-state index in [0.717, 1.165) is 35.2 Å². The first kappa shape index (κ1) is 26.8. The van der Waals surface area contributed by atoms with Crippen molar-refractivity contribution in [2.75, 3.05) is 5.73 Å². The van der Waals surface area contributed by atoms with Crippen molar-refractivity contribution in [3.8, 4) is 5.75 Å². The van der Waals surface area contributed by atoms with Crippen LogP contribution in [0, 0.1) is 0 Å². The molecular weight excluding hydrogens is 562 g/mol. The van der Waals surface area contributed by atoms with Crippen LogP contribution in [-0.2, 0) is 25.5 Å². The Labute approximate surface area is 218 Å². The minimum Gasteiger partial charge on any atom is -0.479 e. The molecule has 2 aromatic heterocycles. The Kier molecular flexibility index (Phi) is 6.09. The number of anilines is 1. The highest BCUT2D eigenvalue weighted by atomic mass is 35.5. The van der Waals surface area contributed by atoms with Crippen LogP contribution in [0.15, 0.2) is 30.6 Å². The van der Waals surface area contributed by atoms with E-state index in [1.165, 1.54) is 0 Å². The van der Waals surface area contributed by atoms with Crippen molar-refractivity contribution in [1.29, 1.82) is 0 Å². The zero-order valence-corrected chi connectivity index (χ0v) is 19.8. The Hall–Kier alpha value is -3.80. The molecule has 39 heavy (non-hydrogen) atoms. The lowest BCUT2D eigenvalue weighted by Gasteiger charge is -2.29. The standard InChI is InChI=1S/C21H16ClF4N5O8/c22-18-29-13(27)9-14(30-18)31(6-28-9)15-10(23)20(36)11(37-15)12(20)39-19(16(32)33,17(34)35)5-7-2-1-3-8(4-7)38-21(24,25)26/h1-4,6,10-12,15,36H,5H2,(H,32,33)(H,34,35)(H2,27,29,30)/t10-,11-,12?,15-,20+/m1/s1. The van der Waals surface area contributed by atoms with E-state index in [0.29, 0.717) is 0 Å². The van der Waals surface area contributed by atoms with Crippen LogP contribution in [0.1, 0.15) is 11.8 Å². The molecule has 208 valence electrons. The van der Waals surface area contributed by atoms with E-state index >= 15 is 4.39 Å². The first-order chi connectivity index (χ1) is 18.2. The summed E-state index contributed by atoms with van der Waals surface area (Å²) in [5, 5.41) is 30.2. The molecular formula is C21H16ClF4N5O8. The molecule has 1 aliphatic heterocycles. The number of carboxylic acids is 2. The van der Waals surface area contributed by atoms with Gasteiger partial charge in [0.1, 0.15) is 23.5 Å². The molecule has 1 aromatic carbocycles. The molecule has 1 saturated carbocycles. The summed E-state index contributed by atoms with van der Waals surface area (Å²) in [6, 6.07) is 3.91. The number of fused-ring (bicyclic) bond motifs is 2. The van der Waals surface area contributed by atoms with Gasteiger partial charge in [-0.25, -0.2) is 19.0 Å². The van der Waals surface area contributed by atoms with Gasteiger partial charge in [0.25, 0.3) is 5.60 Å². The van der Waals surface area contributed by atoms with E-state index in [1.807, 2.05) is 0 Å². The monoisotopic (exact) mass is 577 g/mol. The Balaban J connectivity index is 1.40. The summed E-state index contributed by atoms with van der Waals surface area (Å²) in [5.41, 5.74) is -0.103. The van der Waals surface area contributed by atoms with E-state index in [-0.39, 0.29) is 27.8 Å². The van der Waals surface area contributed by atoms with Crippen molar-refractivity contribution in [3.63, 3.8) is 0 Å². The minimum absolute atomic E-state index is 0.0334. The lowest BCUT2D eigenvalue weighted by molar-refractivity contribution is -0.274. The number of rotatable bonds is 8. The van der Waals surface area contributed by atoms with Crippen LogP contribution in [0.4, 0.5) is 23.4 Å². The number of alkyl halides is 4. The first-order valence-corrected chi connectivity index (χ1v) is 11.2. The molecule has 0 bridgehead atoms. The van der Waals surface area contributed by atoms with Gasteiger partial charge in [0.2, 0.25) is 5.28 Å². The number of nitrogens with zero attached hydrogens (tertiary/aromatic N) is 4. The predicted octanol–water partition coefficient (Wildman–Crippen LogP) is 1.48. The van der Waals surface area contributed by atoms with Crippen molar-refractivity contribution < 1.29 is 56.7 Å². The second-order valence-electron chi connectivity index (χ2n) is 8.79. The van der Waals surface area contributed by atoms with Gasteiger partial charge in [-0.3, -0.25) is 4.57 Å². The third-order valence-corrected chi connectivity index (χ3v) is 6.52. The molecule has 1 aliphatic carbocycles. The van der Waals surface area contributed by atoms with Gasteiger partial charge in [-0.1, -0.05) is 12.1 Å². The molecule has 13 nitrogen and oxygen atoms in total. The van der Waals surface area contributed by atoms with Crippen molar-refractivity contribution in [2.45, 2.75) is 48.6 Å². The van der Waals surface area contributed by atoms with Gasteiger partial charge in [0.05, 0.1) is 6.33 Å². The maximum atomic E-state index is 15.5. The summed E-state index contributed by atoms with van der Waals surface area (Å²) >= 11 is 5.80. The molecule has 3 aromatic rings. The molecule has 0 spiro atoms. The first-order valence-electron chi connectivity index (χ1n) is 10.8. The molecule has 0 radical (unpaired) electrons. The summed E-state index contributed by atoms with van der Waals surface area (Å²) < 4.78 is 68.9. The number of nitrogen functional groups attached to an aromatic ring is 1. The second kappa shape index (κ2) is 8.87. The number of halogens is 5. The fraction of sp³-hybridized carbons (Fsp3) is 0.381. The number of hydrogen-bond acceptors (Lipinski definition) is 10. The van der Waals surface area contributed by atoms with E-state index in [9.17, 15) is 38.1 Å². The Morgan fingerprint density at radius 2 is 1.92 bits per heavy atom. The van der Waals surface area contributed by atoms with E-state index in [2.05, 4.69) is 19.7 Å². The molecule has 1 saturated heterocycles. The third-order valence-electron chi connectivity index (χ3n) is 6.36. The molecule has 3 heterocycles. The van der Waals surface area contributed by atoms with Gasteiger partial charge in [-0.05, 0) is 29.3 Å². The van der Waals surface area contributed by atoms with E-state index in [4.69, 9.17) is 26.8 Å². The van der Waals surface area contributed by atoms with Crippen LogP contribution < -0.4 is 10.5 Å². The minimum atomic E-state index is -5.06. The summed E-state index contributed by atoms with van der Waals surface area (Å²) in [6.07, 6.45) is -12.1. The number of nitrogens with two attached hydrogens (primary N) is 1. The van der Waals surface area contributed by atoms with Gasteiger partial charge in [0, 0.05) is 6.42 Å². The van der Waals surface area contributed by atoms with E-state index in [1.54, 1.807) is 0 Å². The fourth-order valence-corrected chi connectivity index (χ4v) is 4.65. The van der Waals surface area contributed by atoms with Crippen molar-refractivity contribution >= 4 is 40.5 Å². The average Bonchev–Trinajstić information content (AvgIpc) is 3.07. The molecule has 0 amide bonds. The van der Waals surface area contributed by atoms with Crippen LogP contribution in [0.3, 0.4) is 0 Å². The molecule has 5 rings (SSSR count). The Bertz CT molecular complexity index is 1470. The Morgan fingerprint density at radius 1 is 1.23 bits per heavy atom. The maximum absolute atomic E-state index is 15.5. The highest BCUT2D eigenvalue weighted by molar-refractivity contribution is 6.28. The zero-order chi connectivity index (χ0) is 28.5. The molecule has 5 atom stereocenters. The van der Waals surface area contributed by atoms with E-state index < -0.39 is 66.3 Å². The number of aliphatic hydroxyl groups is 1.